The van der Waals surface area contributed by atoms with Crippen LogP contribution in [0.1, 0.15) is 25.0 Å². The molecule has 0 saturated carbocycles. The molecule has 1 unspecified atom stereocenters. The van der Waals surface area contributed by atoms with Gasteiger partial charge in [-0.1, -0.05) is 121 Å². The molecule has 0 amide bonds. The summed E-state index contributed by atoms with van der Waals surface area (Å²) in [6.07, 6.45) is 5.35. The van der Waals surface area contributed by atoms with Crippen molar-refractivity contribution in [3.63, 3.8) is 0 Å². The van der Waals surface area contributed by atoms with Crippen molar-refractivity contribution in [3.05, 3.63) is 139 Å². The molecule has 0 N–H and O–H groups in total. The fraction of sp³-hybridized carbons (Fsp3) is 0.161. The number of allylic oxidation sites excluding steroid dienone is 1. The molecular weight excluding hydrogens is 448 g/mol. The second-order valence-electron chi connectivity index (χ2n) is 8.51. The molecule has 0 aliphatic heterocycles. The molecule has 0 saturated heterocycles. The van der Waals surface area contributed by atoms with Crippen molar-refractivity contribution in [2.24, 2.45) is 0 Å². The van der Waals surface area contributed by atoms with Crippen LogP contribution in [0.15, 0.2) is 138 Å². The molecule has 0 radical (unpaired) electrons. The average Bonchev–Trinajstić information content (AvgIpc) is 2.90. The van der Waals surface area contributed by atoms with Gasteiger partial charge in [-0.15, -0.1) is 11.8 Å². The lowest BCUT2D eigenvalue weighted by Gasteiger charge is -2.34. The monoisotopic (exact) mass is 480 g/mol. The highest BCUT2D eigenvalue weighted by Gasteiger charge is 2.37. The SMILES string of the molecule is C/C=C/C(C[C@@H](O[Si](C)(c1ccccc1)c1ccccc1)c1ccccc1)Sc1ccccc1. The first-order valence-electron chi connectivity index (χ1n) is 11.9. The Morgan fingerprint density at radius 2 is 1.18 bits per heavy atom. The number of thioether (sulfide) groups is 1. The van der Waals surface area contributed by atoms with Crippen molar-refractivity contribution >= 4 is 30.5 Å². The van der Waals surface area contributed by atoms with Gasteiger partial charge in [0.15, 0.2) is 0 Å². The Labute approximate surface area is 209 Å². The third-order valence-electron chi connectivity index (χ3n) is 6.08. The van der Waals surface area contributed by atoms with Crippen molar-refractivity contribution in [2.45, 2.75) is 36.1 Å². The van der Waals surface area contributed by atoms with Crippen LogP contribution < -0.4 is 10.4 Å². The summed E-state index contributed by atoms with van der Waals surface area (Å²) in [4.78, 5) is 1.28. The van der Waals surface area contributed by atoms with Crippen molar-refractivity contribution in [1.82, 2.24) is 0 Å². The summed E-state index contributed by atoms with van der Waals surface area (Å²) >= 11 is 1.90. The zero-order chi connectivity index (χ0) is 23.6. The standard InChI is InChI=1S/C31H32OSSi/c1-3-16-28(33-27-19-10-5-11-20-27)25-31(26-17-8-4-9-18-26)32-34(2,29-21-12-6-13-22-29)30-23-14-7-15-24-30/h3-24,28,31H,25H2,1-2H3/b16-3+/t28?,31-/m1/s1. The third-order valence-corrected chi connectivity index (χ3v) is 10.9. The fourth-order valence-corrected chi connectivity index (χ4v) is 8.52. The molecule has 34 heavy (non-hydrogen) atoms. The van der Waals surface area contributed by atoms with E-state index >= 15 is 0 Å². The highest BCUT2D eigenvalue weighted by molar-refractivity contribution is 8.00. The Hall–Kier alpha value is -2.85. The molecule has 2 atom stereocenters. The molecule has 0 heterocycles. The fourth-order valence-electron chi connectivity index (χ4n) is 4.29. The van der Waals surface area contributed by atoms with Crippen molar-refractivity contribution in [2.75, 3.05) is 0 Å². The van der Waals surface area contributed by atoms with Gasteiger partial charge in [0.05, 0.1) is 6.10 Å². The maximum atomic E-state index is 7.30. The summed E-state index contributed by atoms with van der Waals surface area (Å²) in [6.45, 7) is 4.44. The Morgan fingerprint density at radius 3 is 1.68 bits per heavy atom. The van der Waals surface area contributed by atoms with Crippen molar-refractivity contribution < 1.29 is 4.43 Å². The molecule has 4 aromatic rings. The second-order valence-corrected chi connectivity index (χ2v) is 13.3. The Balaban J connectivity index is 1.71. The van der Waals surface area contributed by atoms with Gasteiger partial charge in [-0.05, 0) is 48.0 Å². The highest BCUT2D eigenvalue weighted by Crippen LogP contribution is 2.34. The quantitative estimate of drug-likeness (QED) is 0.134. The molecule has 172 valence electrons. The first-order valence-corrected chi connectivity index (χ1v) is 15.2. The summed E-state index contributed by atoms with van der Waals surface area (Å²) < 4.78 is 7.30. The molecule has 0 bridgehead atoms. The summed E-state index contributed by atoms with van der Waals surface area (Å²) in [6, 6.07) is 42.9. The molecule has 0 spiro atoms. The number of benzene rings is 4. The van der Waals surface area contributed by atoms with Crippen LogP contribution in [-0.4, -0.2) is 13.6 Å². The van der Waals surface area contributed by atoms with Gasteiger partial charge in [0.1, 0.15) is 0 Å². The summed E-state index contributed by atoms with van der Waals surface area (Å²) in [5, 5.41) is 2.89. The summed E-state index contributed by atoms with van der Waals surface area (Å²) in [7, 11) is -2.46. The predicted molar refractivity (Wildman–Crippen MR) is 150 cm³/mol. The first kappa shape index (κ1) is 24.3. The van der Waals surface area contributed by atoms with Gasteiger partial charge in [0, 0.05) is 10.1 Å². The minimum atomic E-state index is -2.46. The van der Waals surface area contributed by atoms with Crippen molar-refractivity contribution in [1.29, 1.82) is 0 Å². The van der Waals surface area contributed by atoms with E-state index in [-0.39, 0.29) is 6.10 Å². The molecule has 4 rings (SSSR count). The lowest BCUT2D eigenvalue weighted by atomic mass is 10.0. The smallest absolute Gasteiger partial charge is 0.253 e. The lowest BCUT2D eigenvalue weighted by Crippen LogP contribution is -2.58. The lowest BCUT2D eigenvalue weighted by molar-refractivity contribution is 0.196. The van der Waals surface area contributed by atoms with Gasteiger partial charge >= 0.3 is 0 Å². The van der Waals surface area contributed by atoms with Crippen LogP contribution in [0.4, 0.5) is 0 Å². The van der Waals surface area contributed by atoms with Gasteiger partial charge in [-0.25, -0.2) is 0 Å². The number of rotatable bonds is 10. The first-order chi connectivity index (χ1) is 16.7. The van der Waals surface area contributed by atoms with Gasteiger partial charge < -0.3 is 4.43 Å². The molecular formula is C31H32OSSi. The van der Waals surface area contributed by atoms with E-state index in [1.807, 2.05) is 11.8 Å². The summed E-state index contributed by atoms with van der Waals surface area (Å²) in [5.41, 5.74) is 1.23. The van der Waals surface area contributed by atoms with Gasteiger partial charge in [0.2, 0.25) is 0 Å². The minimum Gasteiger partial charge on any atom is -0.401 e. The van der Waals surface area contributed by atoms with Crippen molar-refractivity contribution in [3.8, 4) is 0 Å². The van der Waals surface area contributed by atoms with Gasteiger partial charge in [0.25, 0.3) is 8.32 Å². The number of hydrogen-bond acceptors (Lipinski definition) is 2. The minimum absolute atomic E-state index is 0.0179. The van der Waals surface area contributed by atoms with Crippen LogP contribution in [0.3, 0.4) is 0 Å². The molecule has 0 fully saturated rings. The Kier molecular flexibility index (Phi) is 8.59. The van der Waals surface area contributed by atoms with E-state index in [1.54, 1.807) is 0 Å². The summed E-state index contributed by atoms with van der Waals surface area (Å²) in [5.74, 6) is 0. The number of hydrogen-bond donors (Lipinski definition) is 0. The van der Waals surface area contributed by atoms with E-state index in [4.69, 9.17) is 4.43 Å². The highest BCUT2D eigenvalue weighted by atomic mass is 32.2. The molecule has 4 aromatic carbocycles. The van der Waals surface area contributed by atoms with Gasteiger partial charge in [-0.2, -0.15) is 0 Å². The van der Waals surface area contributed by atoms with Crippen LogP contribution in [-0.2, 0) is 4.43 Å². The van der Waals surface area contributed by atoms with Crippen LogP contribution in [0.2, 0.25) is 6.55 Å². The van der Waals surface area contributed by atoms with E-state index in [0.29, 0.717) is 5.25 Å². The van der Waals surface area contributed by atoms with E-state index in [0.717, 1.165) is 6.42 Å². The maximum absolute atomic E-state index is 7.30. The van der Waals surface area contributed by atoms with Crippen LogP contribution >= 0.6 is 11.8 Å². The topological polar surface area (TPSA) is 9.23 Å². The molecule has 0 aromatic heterocycles. The van der Waals surface area contributed by atoms with Crippen LogP contribution in [0.5, 0.6) is 0 Å². The third kappa shape index (κ3) is 6.18. The van der Waals surface area contributed by atoms with Crippen LogP contribution in [0, 0.1) is 0 Å². The maximum Gasteiger partial charge on any atom is 0.253 e. The van der Waals surface area contributed by atoms with E-state index in [1.165, 1.54) is 20.8 Å². The largest absolute Gasteiger partial charge is 0.401 e. The molecule has 0 aliphatic carbocycles. The Bertz CT molecular complexity index is 1110. The average molecular weight is 481 g/mol. The van der Waals surface area contributed by atoms with E-state index in [9.17, 15) is 0 Å². The van der Waals surface area contributed by atoms with E-state index < -0.39 is 8.32 Å². The van der Waals surface area contributed by atoms with E-state index in [2.05, 4.69) is 147 Å². The van der Waals surface area contributed by atoms with Gasteiger partial charge in [-0.3, -0.25) is 0 Å². The Morgan fingerprint density at radius 1 is 0.706 bits per heavy atom. The second kappa shape index (κ2) is 12.0. The zero-order valence-corrected chi connectivity index (χ0v) is 21.7. The molecule has 0 aliphatic rings. The molecule has 1 nitrogen and oxygen atoms in total. The normalized spacial score (nSPS) is 13.6. The zero-order valence-electron chi connectivity index (χ0n) is 19.9. The predicted octanol–water partition coefficient (Wildman–Crippen LogP) is 7.26. The molecule has 3 heteroatoms. The van der Waals surface area contributed by atoms with Crippen LogP contribution in [0.25, 0.3) is 0 Å².